The van der Waals surface area contributed by atoms with Crippen molar-refractivity contribution in [3.63, 3.8) is 0 Å². The molecular formula is C19H14F2N2O2. The summed E-state index contributed by atoms with van der Waals surface area (Å²) in [5.74, 6) is -3.49. The molecule has 0 spiro atoms. The maximum Gasteiger partial charge on any atom is 0.335 e. The topological polar surface area (TPSA) is 63.1 Å². The molecule has 0 unspecified atom stereocenters. The van der Waals surface area contributed by atoms with Gasteiger partial charge < -0.3 is 5.11 Å². The van der Waals surface area contributed by atoms with Crippen LogP contribution in [0.25, 0.3) is 22.6 Å². The second kappa shape index (κ2) is 6.39. The monoisotopic (exact) mass is 340 g/mol. The van der Waals surface area contributed by atoms with Gasteiger partial charge in [-0.1, -0.05) is 36.4 Å². The van der Waals surface area contributed by atoms with E-state index in [9.17, 15) is 13.6 Å². The van der Waals surface area contributed by atoms with E-state index in [1.165, 1.54) is 24.3 Å². The van der Waals surface area contributed by atoms with Crippen molar-refractivity contribution in [1.29, 1.82) is 0 Å². The van der Waals surface area contributed by atoms with Crippen LogP contribution in [-0.2, 0) is 5.92 Å². The second-order valence-electron chi connectivity index (χ2n) is 5.61. The van der Waals surface area contributed by atoms with Crippen LogP contribution in [0.3, 0.4) is 0 Å². The predicted octanol–water partition coefficient (Wildman–Crippen LogP) is 4.62. The Morgan fingerprint density at radius 3 is 2.12 bits per heavy atom. The van der Waals surface area contributed by atoms with E-state index in [2.05, 4.69) is 9.97 Å². The number of carboxylic acid groups (broad SMARTS) is 1. The third kappa shape index (κ3) is 3.68. The zero-order chi connectivity index (χ0) is 18.0. The lowest BCUT2D eigenvalue weighted by molar-refractivity contribution is 0.0175. The summed E-state index contributed by atoms with van der Waals surface area (Å²) in [5, 5.41) is 8.94. The summed E-state index contributed by atoms with van der Waals surface area (Å²) in [7, 11) is 0. The predicted molar refractivity (Wildman–Crippen MR) is 89.4 cm³/mol. The molecule has 0 saturated carbocycles. The smallest absolute Gasteiger partial charge is 0.335 e. The van der Waals surface area contributed by atoms with Gasteiger partial charge in [0.25, 0.3) is 5.92 Å². The maximum atomic E-state index is 13.3. The number of aromatic nitrogens is 2. The number of carbonyl (C=O) groups is 1. The molecule has 0 amide bonds. The van der Waals surface area contributed by atoms with Gasteiger partial charge in [-0.15, -0.1) is 0 Å². The summed E-state index contributed by atoms with van der Waals surface area (Å²) < 4.78 is 26.6. The lowest BCUT2D eigenvalue weighted by Gasteiger charge is -2.11. The molecule has 0 fully saturated rings. The van der Waals surface area contributed by atoms with Crippen LogP contribution in [0.2, 0.25) is 0 Å². The minimum Gasteiger partial charge on any atom is -0.478 e. The molecule has 6 heteroatoms. The summed E-state index contributed by atoms with van der Waals surface area (Å²) in [4.78, 5) is 19.5. The second-order valence-corrected chi connectivity index (χ2v) is 5.61. The average Bonchev–Trinajstić information content (AvgIpc) is 2.61. The van der Waals surface area contributed by atoms with Crippen LogP contribution < -0.4 is 0 Å². The number of aromatic carboxylic acids is 1. The van der Waals surface area contributed by atoms with E-state index in [1.807, 2.05) is 0 Å². The van der Waals surface area contributed by atoms with Gasteiger partial charge in [0, 0.05) is 29.8 Å². The van der Waals surface area contributed by atoms with Gasteiger partial charge in [-0.2, -0.15) is 0 Å². The highest BCUT2D eigenvalue weighted by atomic mass is 19.3. The average molecular weight is 340 g/mol. The van der Waals surface area contributed by atoms with Crippen molar-refractivity contribution in [2.75, 3.05) is 0 Å². The summed E-state index contributed by atoms with van der Waals surface area (Å²) >= 11 is 0. The first kappa shape index (κ1) is 16.7. The Balaban J connectivity index is 1.92. The summed E-state index contributed by atoms with van der Waals surface area (Å²) in [6, 6.07) is 13.8. The Hall–Kier alpha value is -3.15. The van der Waals surface area contributed by atoms with Crippen molar-refractivity contribution in [3.05, 3.63) is 71.9 Å². The van der Waals surface area contributed by atoms with E-state index in [4.69, 9.17) is 5.11 Å². The molecule has 0 aliphatic heterocycles. The Bertz CT molecular complexity index is 902. The van der Waals surface area contributed by atoms with Gasteiger partial charge in [0.05, 0.1) is 11.3 Å². The Kier molecular flexibility index (Phi) is 4.27. The molecule has 3 rings (SSSR count). The van der Waals surface area contributed by atoms with Gasteiger partial charge in [-0.3, -0.25) is 0 Å². The Labute approximate surface area is 142 Å². The van der Waals surface area contributed by atoms with Gasteiger partial charge in [0.2, 0.25) is 0 Å². The molecule has 1 N–H and O–H groups in total. The maximum absolute atomic E-state index is 13.3. The van der Waals surface area contributed by atoms with Gasteiger partial charge in [-0.05, 0) is 18.2 Å². The fourth-order valence-corrected chi connectivity index (χ4v) is 2.35. The highest BCUT2D eigenvalue weighted by molar-refractivity contribution is 5.88. The van der Waals surface area contributed by atoms with Crippen LogP contribution >= 0.6 is 0 Å². The van der Waals surface area contributed by atoms with Crippen molar-refractivity contribution in [2.45, 2.75) is 12.8 Å². The number of hydrogen-bond donors (Lipinski definition) is 1. The summed E-state index contributed by atoms with van der Waals surface area (Å²) in [5.41, 5.74) is 2.10. The van der Waals surface area contributed by atoms with Crippen molar-refractivity contribution in [1.82, 2.24) is 9.97 Å². The number of benzene rings is 2. The van der Waals surface area contributed by atoms with Crippen LogP contribution in [0.5, 0.6) is 0 Å². The van der Waals surface area contributed by atoms with Gasteiger partial charge in [0.15, 0.2) is 5.82 Å². The minimum atomic E-state index is -2.90. The zero-order valence-corrected chi connectivity index (χ0v) is 13.3. The lowest BCUT2D eigenvalue weighted by Crippen LogP contribution is -2.06. The van der Waals surface area contributed by atoms with Crippen LogP contribution in [0, 0.1) is 0 Å². The lowest BCUT2D eigenvalue weighted by atomic mass is 10.1. The SMILES string of the molecule is CC(F)(F)c1ccc(-c2nccc(-c3ccc(C(=O)O)cc3)n2)cc1. The van der Waals surface area contributed by atoms with Crippen LogP contribution in [-0.4, -0.2) is 21.0 Å². The quantitative estimate of drug-likeness (QED) is 0.753. The first-order valence-corrected chi connectivity index (χ1v) is 7.50. The normalized spacial score (nSPS) is 11.3. The van der Waals surface area contributed by atoms with E-state index in [0.717, 1.165) is 12.5 Å². The van der Waals surface area contributed by atoms with E-state index in [1.54, 1.807) is 36.5 Å². The number of halogens is 2. The molecule has 0 aliphatic rings. The number of alkyl halides is 2. The summed E-state index contributed by atoms with van der Waals surface area (Å²) in [6.45, 7) is 0.847. The molecule has 1 aromatic heterocycles. The largest absolute Gasteiger partial charge is 0.478 e. The fraction of sp³-hybridized carbons (Fsp3) is 0.105. The molecule has 0 saturated heterocycles. The van der Waals surface area contributed by atoms with Gasteiger partial charge >= 0.3 is 5.97 Å². The summed E-state index contributed by atoms with van der Waals surface area (Å²) in [6.07, 6.45) is 1.57. The van der Waals surface area contributed by atoms with Gasteiger partial charge in [0.1, 0.15) is 0 Å². The fourth-order valence-electron chi connectivity index (χ4n) is 2.35. The van der Waals surface area contributed by atoms with Crippen LogP contribution in [0.1, 0.15) is 22.8 Å². The molecule has 2 aromatic carbocycles. The van der Waals surface area contributed by atoms with Crippen LogP contribution in [0.15, 0.2) is 60.8 Å². The zero-order valence-electron chi connectivity index (χ0n) is 13.3. The van der Waals surface area contributed by atoms with E-state index < -0.39 is 11.9 Å². The van der Waals surface area contributed by atoms with Crippen LogP contribution in [0.4, 0.5) is 8.78 Å². The molecule has 3 aromatic rings. The highest BCUT2D eigenvalue weighted by Crippen LogP contribution is 2.28. The van der Waals surface area contributed by atoms with Crippen molar-refractivity contribution in [2.24, 2.45) is 0 Å². The molecule has 4 nitrogen and oxygen atoms in total. The molecule has 126 valence electrons. The van der Waals surface area contributed by atoms with E-state index in [-0.39, 0.29) is 11.1 Å². The number of carboxylic acids is 1. The number of hydrogen-bond acceptors (Lipinski definition) is 3. The molecule has 0 bridgehead atoms. The van der Waals surface area contributed by atoms with E-state index in [0.29, 0.717) is 17.1 Å². The third-order valence-corrected chi connectivity index (χ3v) is 3.73. The van der Waals surface area contributed by atoms with Crippen molar-refractivity contribution < 1.29 is 18.7 Å². The molecule has 0 aliphatic carbocycles. The first-order valence-electron chi connectivity index (χ1n) is 7.50. The third-order valence-electron chi connectivity index (χ3n) is 3.73. The molecular weight excluding hydrogens is 326 g/mol. The highest BCUT2D eigenvalue weighted by Gasteiger charge is 2.23. The van der Waals surface area contributed by atoms with E-state index >= 15 is 0 Å². The standard InChI is InChI=1S/C19H14F2N2O2/c1-19(20,21)15-8-6-13(7-9-15)17-22-11-10-16(23-17)12-2-4-14(5-3-12)18(24)25/h2-11H,1H3,(H,24,25). The van der Waals surface area contributed by atoms with Crippen molar-refractivity contribution in [3.8, 4) is 22.6 Å². The molecule has 1 heterocycles. The first-order chi connectivity index (χ1) is 11.8. The number of nitrogens with zero attached hydrogens (tertiary/aromatic N) is 2. The Morgan fingerprint density at radius 1 is 0.960 bits per heavy atom. The molecule has 0 radical (unpaired) electrons. The molecule has 0 atom stereocenters. The van der Waals surface area contributed by atoms with Gasteiger partial charge in [-0.25, -0.2) is 23.5 Å². The number of rotatable bonds is 4. The molecule has 25 heavy (non-hydrogen) atoms. The van der Waals surface area contributed by atoms with Crippen molar-refractivity contribution >= 4 is 5.97 Å². The minimum absolute atomic E-state index is 0.0725. The Morgan fingerprint density at radius 2 is 1.56 bits per heavy atom.